The van der Waals surface area contributed by atoms with Crippen molar-refractivity contribution in [1.29, 1.82) is 0 Å². The van der Waals surface area contributed by atoms with Crippen LogP contribution in [0.1, 0.15) is 12.0 Å². The maximum atomic E-state index is 13.3. The summed E-state index contributed by atoms with van der Waals surface area (Å²) in [4.78, 5) is 1.97. The fraction of sp³-hybridized carbons (Fsp3) is 0.364. The average molecular weight is 304 g/mol. The van der Waals surface area contributed by atoms with E-state index in [-0.39, 0.29) is 11.7 Å². The summed E-state index contributed by atoms with van der Waals surface area (Å²) in [6, 6.07) is 4.93. The Morgan fingerprint density at radius 2 is 2.29 bits per heavy atom. The van der Waals surface area contributed by atoms with Crippen LogP contribution in [0.2, 0.25) is 0 Å². The number of halogens is 2. The molecule has 0 fully saturated rings. The van der Waals surface area contributed by atoms with Crippen molar-refractivity contribution in [2.75, 3.05) is 13.6 Å². The molecule has 4 nitrogen and oxygen atoms in total. The Morgan fingerprint density at radius 3 is 2.94 bits per heavy atom. The third-order valence-corrected chi connectivity index (χ3v) is 3.24. The molecule has 0 unspecified atom stereocenters. The molecule has 0 aliphatic carbocycles. The van der Waals surface area contributed by atoms with E-state index in [4.69, 9.17) is 10.9 Å². The first-order chi connectivity index (χ1) is 8.04. The second kappa shape index (κ2) is 6.56. The van der Waals surface area contributed by atoms with Gasteiger partial charge in [-0.15, -0.1) is 0 Å². The second-order valence-corrected chi connectivity index (χ2v) is 4.59. The number of oxime groups is 1. The molecule has 3 N–H and O–H groups in total. The fourth-order valence-corrected chi connectivity index (χ4v) is 1.79. The number of hydrogen-bond donors (Lipinski definition) is 2. The van der Waals surface area contributed by atoms with Gasteiger partial charge >= 0.3 is 0 Å². The molecule has 0 saturated carbocycles. The van der Waals surface area contributed by atoms with E-state index in [1.165, 1.54) is 6.07 Å². The third kappa shape index (κ3) is 4.32. The minimum Gasteiger partial charge on any atom is -0.409 e. The van der Waals surface area contributed by atoms with E-state index in [2.05, 4.69) is 21.1 Å². The Morgan fingerprint density at radius 1 is 1.59 bits per heavy atom. The zero-order chi connectivity index (χ0) is 12.8. The van der Waals surface area contributed by atoms with Crippen LogP contribution in [-0.2, 0) is 6.54 Å². The van der Waals surface area contributed by atoms with Crippen LogP contribution < -0.4 is 5.73 Å². The van der Waals surface area contributed by atoms with Gasteiger partial charge < -0.3 is 15.8 Å². The number of amidine groups is 1. The van der Waals surface area contributed by atoms with E-state index in [1.54, 1.807) is 6.07 Å². The van der Waals surface area contributed by atoms with Gasteiger partial charge in [-0.2, -0.15) is 0 Å². The average Bonchev–Trinajstić information content (AvgIpc) is 2.32. The molecule has 94 valence electrons. The molecule has 0 spiro atoms. The quantitative estimate of drug-likeness (QED) is 0.379. The lowest BCUT2D eigenvalue weighted by atomic mass is 10.2. The highest BCUT2D eigenvalue weighted by molar-refractivity contribution is 9.10. The van der Waals surface area contributed by atoms with Crippen LogP contribution >= 0.6 is 15.9 Å². The van der Waals surface area contributed by atoms with Gasteiger partial charge in [-0.05, 0) is 34.6 Å². The Bertz CT molecular complexity index is 412. The minimum absolute atomic E-state index is 0.190. The number of nitrogens with two attached hydrogens (primary N) is 1. The first kappa shape index (κ1) is 13.9. The van der Waals surface area contributed by atoms with Crippen molar-refractivity contribution in [1.82, 2.24) is 4.90 Å². The van der Waals surface area contributed by atoms with Gasteiger partial charge in [-0.3, -0.25) is 0 Å². The van der Waals surface area contributed by atoms with Crippen LogP contribution in [0.3, 0.4) is 0 Å². The smallest absolute Gasteiger partial charge is 0.140 e. The van der Waals surface area contributed by atoms with Gasteiger partial charge in [0.15, 0.2) is 0 Å². The van der Waals surface area contributed by atoms with Gasteiger partial charge in [-0.25, -0.2) is 4.39 Å². The van der Waals surface area contributed by atoms with Crippen molar-refractivity contribution < 1.29 is 9.60 Å². The summed E-state index contributed by atoms with van der Waals surface area (Å²) in [5, 5.41) is 11.3. The van der Waals surface area contributed by atoms with Crippen molar-refractivity contribution >= 4 is 21.8 Å². The van der Waals surface area contributed by atoms with Gasteiger partial charge in [0.1, 0.15) is 11.7 Å². The van der Waals surface area contributed by atoms with Crippen molar-refractivity contribution in [2.45, 2.75) is 13.0 Å². The zero-order valence-corrected chi connectivity index (χ0v) is 11.1. The molecular formula is C11H15BrFN3O. The topological polar surface area (TPSA) is 61.8 Å². The fourth-order valence-electron chi connectivity index (χ4n) is 1.40. The lowest BCUT2D eigenvalue weighted by Crippen LogP contribution is -2.24. The highest BCUT2D eigenvalue weighted by Crippen LogP contribution is 2.21. The molecule has 0 radical (unpaired) electrons. The molecule has 0 bridgehead atoms. The van der Waals surface area contributed by atoms with Crippen molar-refractivity contribution in [3.8, 4) is 0 Å². The number of rotatable bonds is 5. The summed E-state index contributed by atoms with van der Waals surface area (Å²) in [5.74, 6) is -0.0810. The molecule has 0 saturated heterocycles. The molecule has 0 heterocycles. The normalized spacial score (nSPS) is 12.1. The van der Waals surface area contributed by atoms with Crippen LogP contribution in [0.5, 0.6) is 0 Å². The molecule has 0 aliphatic rings. The predicted octanol–water partition coefficient (Wildman–Crippen LogP) is 2.16. The van der Waals surface area contributed by atoms with Crippen LogP contribution in [0.4, 0.5) is 4.39 Å². The molecule has 1 rings (SSSR count). The standard InChI is InChI=1S/C11H15BrFN3O/c1-16(6-5-10(14)15-17)7-8-3-2-4-9(13)11(8)12/h2-4,17H,5-7H2,1H3,(H2,14,15). The number of benzene rings is 1. The minimum atomic E-state index is -0.271. The van der Waals surface area contributed by atoms with Gasteiger partial charge in [0.2, 0.25) is 0 Å². The maximum Gasteiger partial charge on any atom is 0.140 e. The van der Waals surface area contributed by atoms with Crippen molar-refractivity contribution in [3.63, 3.8) is 0 Å². The Kier molecular flexibility index (Phi) is 5.37. The lowest BCUT2D eigenvalue weighted by molar-refractivity contribution is 0.309. The molecule has 0 atom stereocenters. The largest absolute Gasteiger partial charge is 0.409 e. The molecular weight excluding hydrogens is 289 g/mol. The van der Waals surface area contributed by atoms with Crippen LogP contribution in [0.15, 0.2) is 27.8 Å². The van der Waals surface area contributed by atoms with Crippen LogP contribution in [0.25, 0.3) is 0 Å². The van der Waals surface area contributed by atoms with Crippen molar-refractivity contribution in [2.24, 2.45) is 10.9 Å². The number of nitrogens with zero attached hydrogens (tertiary/aromatic N) is 2. The predicted molar refractivity (Wildman–Crippen MR) is 68.5 cm³/mol. The van der Waals surface area contributed by atoms with E-state index in [1.807, 2.05) is 18.0 Å². The van der Waals surface area contributed by atoms with E-state index in [9.17, 15) is 4.39 Å². The maximum absolute atomic E-state index is 13.3. The first-order valence-electron chi connectivity index (χ1n) is 5.12. The van der Waals surface area contributed by atoms with Gasteiger partial charge in [-0.1, -0.05) is 17.3 Å². The lowest BCUT2D eigenvalue weighted by Gasteiger charge is -2.17. The monoisotopic (exact) mass is 303 g/mol. The zero-order valence-electron chi connectivity index (χ0n) is 9.53. The highest BCUT2D eigenvalue weighted by atomic mass is 79.9. The summed E-state index contributed by atoms with van der Waals surface area (Å²) in [7, 11) is 1.89. The summed E-state index contributed by atoms with van der Waals surface area (Å²) in [6.45, 7) is 1.23. The van der Waals surface area contributed by atoms with E-state index in [0.717, 1.165) is 5.56 Å². The Labute approximate surface area is 108 Å². The van der Waals surface area contributed by atoms with Gasteiger partial charge in [0.05, 0.1) is 4.47 Å². The van der Waals surface area contributed by atoms with Crippen LogP contribution in [-0.4, -0.2) is 29.5 Å². The van der Waals surface area contributed by atoms with E-state index in [0.29, 0.717) is 24.0 Å². The van der Waals surface area contributed by atoms with E-state index < -0.39 is 0 Å². The van der Waals surface area contributed by atoms with Gasteiger partial charge in [0, 0.05) is 19.5 Å². The van der Waals surface area contributed by atoms with Gasteiger partial charge in [0.25, 0.3) is 0 Å². The summed E-state index contributed by atoms with van der Waals surface area (Å²) in [6.07, 6.45) is 0.472. The summed E-state index contributed by atoms with van der Waals surface area (Å²) >= 11 is 3.21. The summed E-state index contributed by atoms with van der Waals surface area (Å²) < 4.78 is 13.7. The molecule has 1 aromatic carbocycles. The molecule has 0 amide bonds. The molecule has 6 heteroatoms. The summed E-state index contributed by atoms with van der Waals surface area (Å²) in [5.41, 5.74) is 6.24. The SMILES string of the molecule is CN(CC/C(N)=N/O)Cc1cccc(F)c1Br. The highest BCUT2D eigenvalue weighted by Gasteiger charge is 2.08. The first-order valence-corrected chi connectivity index (χ1v) is 5.91. The molecule has 17 heavy (non-hydrogen) atoms. The number of hydrogen-bond acceptors (Lipinski definition) is 3. The second-order valence-electron chi connectivity index (χ2n) is 3.79. The van der Waals surface area contributed by atoms with Crippen molar-refractivity contribution in [3.05, 3.63) is 34.1 Å². The molecule has 0 aliphatic heterocycles. The Balaban J connectivity index is 2.56. The van der Waals surface area contributed by atoms with E-state index >= 15 is 0 Å². The third-order valence-electron chi connectivity index (χ3n) is 2.35. The molecule has 1 aromatic rings. The van der Waals surface area contributed by atoms with Crippen LogP contribution in [0, 0.1) is 5.82 Å². The molecule has 0 aromatic heterocycles. The Hall–Kier alpha value is -1.14.